The number of hydrogen-bond acceptors (Lipinski definition) is 3. The zero-order valence-electron chi connectivity index (χ0n) is 11.4. The summed E-state index contributed by atoms with van der Waals surface area (Å²) in [5.74, 6) is 0.794. The van der Waals surface area contributed by atoms with Crippen molar-refractivity contribution in [1.82, 2.24) is 0 Å². The zero-order chi connectivity index (χ0) is 14.7. The molecule has 3 nitrogen and oxygen atoms in total. The van der Waals surface area contributed by atoms with Gasteiger partial charge in [0.15, 0.2) is 0 Å². The Morgan fingerprint density at radius 1 is 0.952 bits per heavy atom. The first-order chi connectivity index (χ1) is 10.3. The van der Waals surface area contributed by atoms with Gasteiger partial charge in [-0.1, -0.05) is 36.4 Å². The molecule has 0 aromatic heterocycles. The third-order valence-corrected chi connectivity index (χ3v) is 3.37. The van der Waals surface area contributed by atoms with Crippen molar-refractivity contribution in [3.8, 4) is 11.8 Å². The molecule has 0 aliphatic carbocycles. The number of nitrogens with zero attached hydrogens (tertiary/aromatic N) is 1. The Labute approximate surface area is 123 Å². The van der Waals surface area contributed by atoms with Crippen molar-refractivity contribution in [2.75, 3.05) is 5.73 Å². The Kier molecular flexibility index (Phi) is 3.44. The van der Waals surface area contributed by atoms with Crippen LogP contribution < -0.4 is 10.5 Å². The van der Waals surface area contributed by atoms with E-state index in [2.05, 4.69) is 6.07 Å². The van der Waals surface area contributed by atoms with Crippen LogP contribution in [0.5, 0.6) is 5.75 Å². The molecule has 0 radical (unpaired) electrons. The topological polar surface area (TPSA) is 59.0 Å². The van der Waals surface area contributed by atoms with Crippen LogP contribution >= 0.6 is 0 Å². The van der Waals surface area contributed by atoms with E-state index in [1.54, 1.807) is 6.07 Å². The standard InChI is InChI=1S/C18H14N2O/c19-11-13-4-3-5-14(10-13)12-21-18-9-8-17(20)15-6-1-2-7-16(15)18/h1-10H,12,20H2. The van der Waals surface area contributed by atoms with Crippen molar-refractivity contribution >= 4 is 16.5 Å². The number of benzene rings is 3. The summed E-state index contributed by atoms with van der Waals surface area (Å²) in [6.45, 7) is 0.420. The number of ether oxygens (including phenoxy) is 1. The maximum atomic E-state index is 8.91. The van der Waals surface area contributed by atoms with Crippen LogP contribution in [0.2, 0.25) is 0 Å². The van der Waals surface area contributed by atoms with E-state index in [0.29, 0.717) is 12.2 Å². The van der Waals surface area contributed by atoms with Gasteiger partial charge in [-0.05, 0) is 29.8 Å². The minimum absolute atomic E-state index is 0.420. The number of nitrogens with two attached hydrogens (primary N) is 1. The molecule has 102 valence electrons. The molecule has 0 fully saturated rings. The van der Waals surface area contributed by atoms with Crippen molar-refractivity contribution in [3.63, 3.8) is 0 Å². The minimum atomic E-state index is 0.420. The fourth-order valence-electron chi connectivity index (χ4n) is 2.31. The second kappa shape index (κ2) is 5.56. The predicted molar refractivity (Wildman–Crippen MR) is 83.8 cm³/mol. The van der Waals surface area contributed by atoms with Crippen LogP contribution in [0.15, 0.2) is 60.7 Å². The summed E-state index contributed by atoms with van der Waals surface area (Å²) >= 11 is 0. The molecule has 0 amide bonds. The van der Waals surface area contributed by atoms with Gasteiger partial charge in [-0.25, -0.2) is 0 Å². The average molecular weight is 274 g/mol. The second-order valence-corrected chi connectivity index (χ2v) is 4.80. The number of nitrogen functional groups attached to an aromatic ring is 1. The minimum Gasteiger partial charge on any atom is -0.488 e. The molecule has 21 heavy (non-hydrogen) atoms. The zero-order valence-corrected chi connectivity index (χ0v) is 11.4. The highest BCUT2D eigenvalue weighted by Gasteiger charge is 2.05. The number of fused-ring (bicyclic) bond motifs is 1. The highest BCUT2D eigenvalue weighted by molar-refractivity contribution is 5.96. The van der Waals surface area contributed by atoms with E-state index >= 15 is 0 Å². The van der Waals surface area contributed by atoms with Crippen molar-refractivity contribution in [1.29, 1.82) is 5.26 Å². The molecule has 0 heterocycles. The van der Waals surface area contributed by atoms with Crippen LogP contribution in [0.4, 0.5) is 5.69 Å². The van der Waals surface area contributed by atoms with E-state index < -0.39 is 0 Å². The molecule has 3 heteroatoms. The van der Waals surface area contributed by atoms with Gasteiger partial charge in [0.1, 0.15) is 12.4 Å². The summed E-state index contributed by atoms with van der Waals surface area (Å²) in [4.78, 5) is 0. The largest absolute Gasteiger partial charge is 0.488 e. The first kappa shape index (κ1) is 13.0. The SMILES string of the molecule is N#Cc1cccc(COc2ccc(N)c3ccccc23)c1. The highest BCUT2D eigenvalue weighted by Crippen LogP contribution is 2.30. The maximum absolute atomic E-state index is 8.91. The molecule has 0 bridgehead atoms. The van der Waals surface area contributed by atoms with Gasteiger partial charge >= 0.3 is 0 Å². The molecule has 0 saturated carbocycles. The van der Waals surface area contributed by atoms with Gasteiger partial charge in [-0.3, -0.25) is 0 Å². The fourth-order valence-corrected chi connectivity index (χ4v) is 2.31. The van der Waals surface area contributed by atoms with Crippen LogP contribution in [-0.2, 0) is 6.61 Å². The monoisotopic (exact) mass is 274 g/mol. The Hall–Kier alpha value is -2.99. The van der Waals surface area contributed by atoms with Gasteiger partial charge in [-0.2, -0.15) is 5.26 Å². The second-order valence-electron chi connectivity index (χ2n) is 4.80. The molecule has 3 rings (SSSR count). The Balaban J connectivity index is 1.89. The van der Waals surface area contributed by atoms with Crippen LogP contribution in [0.3, 0.4) is 0 Å². The first-order valence-electron chi connectivity index (χ1n) is 6.67. The summed E-state index contributed by atoms with van der Waals surface area (Å²) < 4.78 is 5.89. The molecular formula is C18H14N2O. The Morgan fingerprint density at radius 3 is 2.57 bits per heavy atom. The first-order valence-corrected chi connectivity index (χ1v) is 6.67. The van der Waals surface area contributed by atoms with E-state index in [4.69, 9.17) is 15.7 Å². The molecule has 0 atom stereocenters. The molecule has 3 aromatic carbocycles. The van der Waals surface area contributed by atoms with E-state index in [0.717, 1.165) is 27.8 Å². The highest BCUT2D eigenvalue weighted by atomic mass is 16.5. The van der Waals surface area contributed by atoms with Gasteiger partial charge in [0.05, 0.1) is 11.6 Å². The Morgan fingerprint density at radius 2 is 1.76 bits per heavy atom. The summed E-state index contributed by atoms with van der Waals surface area (Å²) in [7, 11) is 0. The van der Waals surface area contributed by atoms with Crippen molar-refractivity contribution < 1.29 is 4.74 Å². The molecule has 3 aromatic rings. The third-order valence-electron chi connectivity index (χ3n) is 3.37. The summed E-state index contributed by atoms with van der Waals surface area (Å²) in [5.41, 5.74) is 8.32. The van der Waals surface area contributed by atoms with E-state index in [9.17, 15) is 0 Å². The normalized spacial score (nSPS) is 10.2. The van der Waals surface area contributed by atoms with Crippen LogP contribution in [0.25, 0.3) is 10.8 Å². The lowest BCUT2D eigenvalue weighted by molar-refractivity contribution is 0.310. The lowest BCUT2D eigenvalue weighted by atomic mass is 10.1. The van der Waals surface area contributed by atoms with E-state index in [1.807, 2.05) is 54.6 Å². The number of rotatable bonds is 3. The predicted octanol–water partition coefficient (Wildman–Crippen LogP) is 3.87. The van der Waals surface area contributed by atoms with Crippen LogP contribution in [0.1, 0.15) is 11.1 Å². The molecule has 0 spiro atoms. The molecule has 0 aliphatic rings. The maximum Gasteiger partial charge on any atom is 0.127 e. The molecular weight excluding hydrogens is 260 g/mol. The summed E-state index contributed by atoms with van der Waals surface area (Å²) in [6.07, 6.45) is 0. The van der Waals surface area contributed by atoms with Gasteiger partial charge in [-0.15, -0.1) is 0 Å². The van der Waals surface area contributed by atoms with Crippen molar-refractivity contribution in [2.45, 2.75) is 6.61 Å². The number of anilines is 1. The van der Waals surface area contributed by atoms with Gasteiger partial charge in [0, 0.05) is 16.5 Å². The molecule has 0 unspecified atom stereocenters. The summed E-state index contributed by atoms with van der Waals surface area (Å²) in [6, 6.07) is 21.2. The van der Waals surface area contributed by atoms with Gasteiger partial charge in [0.2, 0.25) is 0 Å². The Bertz CT molecular complexity index is 834. The van der Waals surface area contributed by atoms with Gasteiger partial charge in [0.25, 0.3) is 0 Å². The van der Waals surface area contributed by atoms with Crippen molar-refractivity contribution in [3.05, 3.63) is 71.8 Å². The smallest absolute Gasteiger partial charge is 0.127 e. The number of nitriles is 1. The molecule has 2 N–H and O–H groups in total. The van der Waals surface area contributed by atoms with Crippen molar-refractivity contribution in [2.24, 2.45) is 0 Å². The van der Waals surface area contributed by atoms with E-state index in [1.165, 1.54) is 0 Å². The quantitative estimate of drug-likeness (QED) is 0.737. The fraction of sp³-hybridized carbons (Fsp3) is 0.0556. The van der Waals surface area contributed by atoms with Crippen LogP contribution in [0, 0.1) is 11.3 Å². The lowest BCUT2D eigenvalue weighted by Crippen LogP contribution is -1.97. The number of hydrogen-bond donors (Lipinski definition) is 1. The molecule has 0 saturated heterocycles. The molecule has 0 aliphatic heterocycles. The summed E-state index contributed by atoms with van der Waals surface area (Å²) in [5, 5.41) is 10.9. The third kappa shape index (κ3) is 2.65. The van der Waals surface area contributed by atoms with E-state index in [-0.39, 0.29) is 0 Å². The lowest BCUT2D eigenvalue weighted by Gasteiger charge is -2.11. The van der Waals surface area contributed by atoms with Gasteiger partial charge < -0.3 is 10.5 Å². The van der Waals surface area contributed by atoms with Crippen LogP contribution in [-0.4, -0.2) is 0 Å². The average Bonchev–Trinajstić information content (AvgIpc) is 2.55.